The Morgan fingerprint density at radius 2 is 1.86 bits per heavy atom. The van der Waals surface area contributed by atoms with E-state index in [4.69, 9.17) is 11.6 Å². The van der Waals surface area contributed by atoms with Gasteiger partial charge in [0.05, 0.1) is 12.5 Å². The standard InChI is InChI=1S/C25H39ClFN5O5/c1-12(2)19(33)29-17(24(3,4)5)22(36)31-11-14-15(25(14,6)7)16(31)21(35)30-32(23(37)18(26)27)10-13-8-9-28-20(13)34/h12-18H,8-11H2,1-7H3,(H,28,34)(H,29,33)(H,30,35)/t13-,14-,15-,16-,17?,18?/m0/s1. The molecule has 2 saturated heterocycles. The quantitative estimate of drug-likeness (QED) is 0.328. The van der Waals surface area contributed by atoms with Crippen LogP contribution in [-0.4, -0.2) is 76.8 Å². The van der Waals surface area contributed by atoms with Gasteiger partial charge in [-0.05, 0) is 29.1 Å². The summed E-state index contributed by atoms with van der Waals surface area (Å²) in [5.74, 6) is -3.89. The summed E-state index contributed by atoms with van der Waals surface area (Å²) in [6.45, 7) is 13.5. The molecule has 0 spiro atoms. The fraction of sp³-hybridized carbons (Fsp3) is 0.800. The zero-order valence-corrected chi connectivity index (χ0v) is 23.3. The van der Waals surface area contributed by atoms with E-state index >= 15 is 0 Å². The number of carbonyl (C=O) groups excluding carboxylic acids is 5. The Bertz CT molecular complexity index is 966. The van der Waals surface area contributed by atoms with E-state index in [1.807, 2.05) is 34.6 Å². The Kier molecular flexibility index (Phi) is 8.17. The maximum atomic E-state index is 13.8. The molecule has 12 heteroatoms. The van der Waals surface area contributed by atoms with Gasteiger partial charge in [-0.2, -0.15) is 0 Å². The largest absolute Gasteiger partial charge is 0.356 e. The second-order valence-electron chi connectivity index (χ2n) is 12.4. The molecule has 2 heterocycles. The van der Waals surface area contributed by atoms with E-state index in [9.17, 15) is 28.4 Å². The van der Waals surface area contributed by atoms with E-state index in [0.29, 0.717) is 19.5 Å². The smallest absolute Gasteiger partial charge is 0.291 e. The van der Waals surface area contributed by atoms with Gasteiger partial charge in [0.2, 0.25) is 17.7 Å². The van der Waals surface area contributed by atoms with Crippen molar-refractivity contribution in [1.82, 2.24) is 26.0 Å². The molecule has 1 aliphatic carbocycles. The average molecular weight is 544 g/mol. The molecule has 208 valence electrons. The van der Waals surface area contributed by atoms with Crippen LogP contribution in [0.5, 0.6) is 0 Å². The molecular weight excluding hydrogens is 505 g/mol. The minimum Gasteiger partial charge on any atom is -0.356 e. The second kappa shape index (κ2) is 10.4. The maximum Gasteiger partial charge on any atom is 0.291 e. The van der Waals surface area contributed by atoms with Crippen molar-refractivity contribution in [3.63, 3.8) is 0 Å². The number of hydrazine groups is 1. The van der Waals surface area contributed by atoms with Gasteiger partial charge in [0, 0.05) is 19.0 Å². The molecule has 2 unspecified atom stereocenters. The number of amides is 5. The van der Waals surface area contributed by atoms with Crippen molar-refractivity contribution in [3.05, 3.63) is 0 Å². The van der Waals surface area contributed by atoms with Crippen LogP contribution in [0.1, 0.15) is 54.9 Å². The number of rotatable bonds is 7. The lowest BCUT2D eigenvalue weighted by Crippen LogP contribution is -2.61. The molecule has 0 aromatic carbocycles. The van der Waals surface area contributed by atoms with E-state index < -0.39 is 46.8 Å². The van der Waals surface area contributed by atoms with E-state index in [0.717, 1.165) is 5.01 Å². The van der Waals surface area contributed by atoms with Crippen LogP contribution in [0.4, 0.5) is 4.39 Å². The summed E-state index contributed by atoms with van der Waals surface area (Å²) in [7, 11) is 0. The molecule has 0 bridgehead atoms. The molecule has 10 nitrogen and oxygen atoms in total. The zero-order valence-electron chi connectivity index (χ0n) is 22.6. The minimum absolute atomic E-state index is 0.0559. The monoisotopic (exact) mass is 543 g/mol. The van der Waals surface area contributed by atoms with Crippen LogP contribution in [0, 0.1) is 34.5 Å². The highest BCUT2D eigenvalue weighted by Crippen LogP contribution is 2.65. The summed E-state index contributed by atoms with van der Waals surface area (Å²) < 4.78 is 13.8. The molecule has 2 aliphatic heterocycles. The van der Waals surface area contributed by atoms with Gasteiger partial charge in [-0.25, -0.2) is 9.40 Å². The molecule has 3 rings (SSSR count). The molecule has 3 fully saturated rings. The van der Waals surface area contributed by atoms with Crippen molar-refractivity contribution in [3.8, 4) is 0 Å². The van der Waals surface area contributed by atoms with Crippen LogP contribution in [0.3, 0.4) is 0 Å². The van der Waals surface area contributed by atoms with Crippen molar-refractivity contribution in [2.45, 2.75) is 72.6 Å². The molecule has 0 radical (unpaired) electrons. The third kappa shape index (κ3) is 5.86. The van der Waals surface area contributed by atoms with Gasteiger partial charge in [-0.1, -0.05) is 60.1 Å². The lowest BCUT2D eigenvalue weighted by Gasteiger charge is -2.38. The van der Waals surface area contributed by atoms with Gasteiger partial charge >= 0.3 is 0 Å². The first-order valence-electron chi connectivity index (χ1n) is 12.8. The zero-order chi connectivity index (χ0) is 28.0. The lowest BCUT2D eigenvalue weighted by molar-refractivity contribution is -0.151. The van der Waals surface area contributed by atoms with Crippen molar-refractivity contribution in [2.75, 3.05) is 19.6 Å². The number of piperidine rings is 1. The summed E-state index contributed by atoms with van der Waals surface area (Å²) in [5, 5.41) is 6.23. The van der Waals surface area contributed by atoms with Crippen molar-refractivity contribution >= 4 is 41.1 Å². The molecule has 1 saturated carbocycles. The molecule has 5 amide bonds. The Labute approximate surface area is 222 Å². The van der Waals surface area contributed by atoms with Crippen LogP contribution in [0.15, 0.2) is 0 Å². The van der Waals surface area contributed by atoms with Gasteiger partial charge < -0.3 is 15.5 Å². The first-order chi connectivity index (χ1) is 17.0. The first kappa shape index (κ1) is 29.1. The van der Waals surface area contributed by atoms with Crippen LogP contribution in [0.2, 0.25) is 0 Å². The van der Waals surface area contributed by atoms with E-state index in [-0.39, 0.29) is 41.5 Å². The van der Waals surface area contributed by atoms with E-state index in [1.165, 1.54) is 4.90 Å². The van der Waals surface area contributed by atoms with Crippen molar-refractivity contribution < 1.29 is 28.4 Å². The summed E-state index contributed by atoms with van der Waals surface area (Å²) in [4.78, 5) is 66.0. The Hall–Kier alpha value is -2.43. The summed E-state index contributed by atoms with van der Waals surface area (Å²) >= 11 is 5.40. The number of nitrogens with one attached hydrogen (secondary N) is 3. The molecule has 3 N–H and O–H groups in total. The van der Waals surface area contributed by atoms with Crippen LogP contribution >= 0.6 is 11.6 Å². The second-order valence-corrected chi connectivity index (χ2v) is 12.7. The molecule has 6 atom stereocenters. The fourth-order valence-corrected chi connectivity index (χ4v) is 5.60. The molecule has 0 aromatic rings. The third-order valence-corrected chi connectivity index (χ3v) is 8.13. The normalized spacial score (nSPS) is 27.7. The predicted molar refractivity (Wildman–Crippen MR) is 134 cm³/mol. The number of hydrogen-bond acceptors (Lipinski definition) is 5. The number of likely N-dealkylation sites (tertiary alicyclic amines) is 1. The lowest BCUT2D eigenvalue weighted by atomic mass is 9.85. The predicted octanol–water partition coefficient (Wildman–Crippen LogP) is 1.19. The highest BCUT2D eigenvalue weighted by Gasteiger charge is 2.70. The van der Waals surface area contributed by atoms with Gasteiger partial charge in [-0.15, -0.1) is 0 Å². The maximum absolute atomic E-state index is 13.8. The van der Waals surface area contributed by atoms with Gasteiger partial charge in [-0.3, -0.25) is 29.4 Å². The van der Waals surface area contributed by atoms with Crippen LogP contribution < -0.4 is 16.1 Å². The van der Waals surface area contributed by atoms with E-state index in [1.54, 1.807) is 13.8 Å². The number of fused-ring (bicyclic) bond motifs is 1. The molecule has 3 aliphatic rings. The Balaban J connectivity index is 1.86. The highest BCUT2D eigenvalue weighted by atomic mass is 35.5. The first-order valence-corrected chi connectivity index (χ1v) is 13.2. The average Bonchev–Trinajstić information content (AvgIpc) is 3.14. The van der Waals surface area contributed by atoms with Gasteiger partial charge in [0.25, 0.3) is 17.4 Å². The highest BCUT2D eigenvalue weighted by molar-refractivity contribution is 6.29. The molecule has 0 aromatic heterocycles. The fourth-order valence-electron chi connectivity index (χ4n) is 5.48. The molecule has 37 heavy (non-hydrogen) atoms. The summed E-state index contributed by atoms with van der Waals surface area (Å²) in [6, 6.07) is -1.81. The Morgan fingerprint density at radius 1 is 1.24 bits per heavy atom. The number of hydrogen-bond donors (Lipinski definition) is 3. The van der Waals surface area contributed by atoms with Crippen molar-refractivity contribution in [2.24, 2.45) is 34.5 Å². The summed E-state index contributed by atoms with van der Waals surface area (Å²) in [5.41, 5.74) is -0.798. The Morgan fingerprint density at radius 3 is 2.35 bits per heavy atom. The number of carbonyl (C=O) groups is 5. The SMILES string of the molecule is CC(C)C(=O)NC(C(=O)N1C[C@H]2[C@@H]([C@H]1C(=O)NN(C[C@@H]1CCNC1=O)C(=O)C(F)Cl)C2(C)C)C(C)(C)C. The van der Waals surface area contributed by atoms with Gasteiger partial charge in [0.1, 0.15) is 12.1 Å². The van der Waals surface area contributed by atoms with Gasteiger partial charge in [0.15, 0.2) is 0 Å². The van der Waals surface area contributed by atoms with Crippen LogP contribution in [0.25, 0.3) is 0 Å². The number of nitrogens with zero attached hydrogens (tertiary/aromatic N) is 2. The van der Waals surface area contributed by atoms with Crippen LogP contribution in [-0.2, 0) is 24.0 Å². The summed E-state index contributed by atoms with van der Waals surface area (Å²) in [6.07, 6.45) is 0.423. The van der Waals surface area contributed by atoms with Crippen molar-refractivity contribution in [1.29, 1.82) is 0 Å². The number of halogens is 2. The number of alkyl halides is 2. The molecular formula is C25H39ClFN5O5. The van der Waals surface area contributed by atoms with E-state index in [2.05, 4.69) is 16.1 Å². The minimum atomic E-state index is -2.41. The topological polar surface area (TPSA) is 128 Å². The third-order valence-electron chi connectivity index (χ3n) is 7.95.